The van der Waals surface area contributed by atoms with Crippen molar-refractivity contribution >= 4 is 27.2 Å². The van der Waals surface area contributed by atoms with Crippen LogP contribution in [0.3, 0.4) is 0 Å². The first-order valence-corrected chi connectivity index (χ1v) is 10.5. The van der Waals surface area contributed by atoms with Gasteiger partial charge in [-0.1, -0.05) is 53.1 Å². The molecule has 0 aromatic heterocycles. The third-order valence-electron chi connectivity index (χ3n) is 4.48. The number of hydrogen-bond donors (Lipinski definition) is 0. The molecular formula is C23H24N2O2S. The van der Waals surface area contributed by atoms with Gasteiger partial charge in [0.05, 0.1) is 4.90 Å². The Labute approximate surface area is 167 Å². The summed E-state index contributed by atoms with van der Waals surface area (Å²) >= 11 is 0. The molecule has 0 heterocycles. The lowest BCUT2D eigenvalue weighted by molar-refractivity contribution is 0.598. The van der Waals surface area contributed by atoms with E-state index >= 15 is 0 Å². The number of aryl methyl sites for hydroxylation is 3. The molecule has 0 N–H and O–H groups in total. The molecule has 0 fully saturated rings. The minimum absolute atomic E-state index is 0.185. The number of amidine groups is 1. The first kappa shape index (κ1) is 19.8. The fourth-order valence-corrected chi connectivity index (χ4v) is 3.90. The van der Waals surface area contributed by atoms with Crippen molar-refractivity contribution in [3.05, 3.63) is 89.5 Å². The predicted molar refractivity (Wildman–Crippen MR) is 116 cm³/mol. The molecule has 0 aliphatic carbocycles. The Bertz CT molecular complexity index is 1040. The minimum atomic E-state index is -3.81. The van der Waals surface area contributed by atoms with Crippen LogP contribution in [0.4, 0.5) is 11.4 Å². The summed E-state index contributed by atoms with van der Waals surface area (Å²) in [5.41, 5.74) is 4.98. The van der Waals surface area contributed by atoms with Gasteiger partial charge in [0, 0.05) is 11.4 Å². The van der Waals surface area contributed by atoms with Crippen molar-refractivity contribution in [1.29, 1.82) is 0 Å². The fourth-order valence-electron chi connectivity index (χ4n) is 2.89. The molecular weight excluding hydrogens is 368 g/mol. The lowest BCUT2D eigenvalue weighted by atomic mass is 10.1. The van der Waals surface area contributed by atoms with Crippen LogP contribution in [0.1, 0.15) is 23.6 Å². The third kappa shape index (κ3) is 4.49. The van der Waals surface area contributed by atoms with Gasteiger partial charge in [-0.2, -0.15) is 8.42 Å². The summed E-state index contributed by atoms with van der Waals surface area (Å²) in [4.78, 5) is 2.04. The van der Waals surface area contributed by atoms with E-state index in [1.54, 1.807) is 31.2 Å². The molecule has 28 heavy (non-hydrogen) atoms. The maximum absolute atomic E-state index is 12.8. The number of nitrogens with zero attached hydrogens (tertiary/aromatic N) is 2. The average Bonchev–Trinajstić information content (AvgIpc) is 2.65. The smallest absolute Gasteiger partial charge is 0.283 e. The molecule has 144 valence electrons. The van der Waals surface area contributed by atoms with Crippen molar-refractivity contribution in [2.45, 2.75) is 32.6 Å². The topological polar surface area (TPSA) is 49.7 Å². The van der Waals surface area contributed by atoms with E-state index in [1.165, 1.54) is 0 Å². The molecule has 3 rings (SSSR count). The highest BCUT2D eigenvalue weighted by Crippen LogP contribution is 2.27. The van der Waals surface area contributed by atoms with Crippen molar-refractivity contribution in [1.82, 2.24) is 0 Å². The molecule has 3 aromatic rings. The molecule has 5 heteroatoms. The fraction of sp³-hybridized carbons (Fsp3) is 0.174. The first-order chi connectivity index (χ1) is 13.3. The second-order valence-electron chi connectivity index (χ2n) is 6.93. The normalized spacial score (nSPS) is 12.1. The largest absolute Gasteiger partial charge is 0.298 e. The summed E-state index contributed by atoms with van der Waals surface area (Å²) < 4.78 is 29.8. The van der Waals surface area contributed by atoms with Crippen LogP contribution in [0.15, 0.2) is 82.1 Å². The summed E-state index contributed by atoms with van der Waals surface area (Å²) in [6.45, 7) is 7.67. The van der Waals surface area contributed by atoms with Crippen molar-refractivity contribution in [2.75, 3.05) is 4.90 Å². The summed E-state index contributed by atoms with van der Waals surface area (Å²) in [6, 6.07) is 22.6. The molecule has 0 unspecified atom stereocenters. The van der Waals surface area contributed by atoms with Gasteiger partial charge in [0.15, 0.2) is 0 Å². The van der Waals surface area contributed by atoms with E-state index in [1.807, 2.05) is 74.2 Å². The highest BCUT2D eigenvalue weighted by molar-refractivity contribution is 7.90. The highest BCUT2D eigenvalue weighted by Gasteiger charge is 2.18. The molecule has 0 atom stereocenters. The molecule has 3 aromatic carbocycles. The number of rotatable bonds is 4. The maximum Gasteiger partial charge on any atom is 0.283 e. The zero-order chi connectivity index (χ0) is 20.3. The van der Waals surface area contributed by atoms with Crippen molar-refractivity contribution < 1.29 is 8.42 Å². The van der Waals surface area contributed by atoms with E-state index < -0.39 is 10.0 Å². The van der Waals surface area contributed by atoms with Crippen LogP contribution in [-0.2, 0) is 10.0 Å². The summed E-state index contributed by atoms with van der Waals surface area (Å²) in [5, 5.41) is 0. The molecule has 0 saturated heterocycles. The Balaban J connectivity index is 2.08. The Kier molecular flexibility index (Phi) is 5.66. The molecule has 0 aliphatic heterocycles. The maximum atomic E-state index is 12.8. The van der Waals surface area contributed by atoms with Gasteiger partial charge in [-0.3, -0.25) is 4.90 Å². The Hall–Kier alpha value is -2.92. The lowest BCUT2D eigenvalue weighted by Gasteiger charge is -2.25. The summed E-state index contributed by atoms with van der Waals surface area (Å²) in [5.74, 6) is 0.383. The van der Waals surface area contributed by atoms with Gasteiger partial charge in [0.1, 0.15) is 5.84 Å². The molecule has 0 spiro atoms. The van der Waals surface area contributed by atoms with Gasteiger partial charge in [-0.15, -0.1) is 4.40 Å². The van der Waals surface area contributed by atoms with Crippen molar-refractivity contribution in [3.8, 4) is 0 Å². The number of anilines is 2. The van der Waals surface area contributed by atoms with Crippen LogP contribution < -0.4 is 4.90 Å². The van der Waals surface area contributed by atoms with Crippen LogP contribution in [0.5, 0.6) is 0 Å². The van der Waals surface area contributed by atoms with Crippen LogP contribution in [-0.4, -0.2) is 14.3 Å². The van der Waals surface area contributed by atoms with E-state index in [-0.39, 0.29) is 4.90 Å². The van der Waals surface area contributed by atoms with Gasteiger partial charge >= 0.3 is 0 Å². The lowest BCUT2D eigenvalue weighted by Crippen LogP contribution is -2.24. The molecule has 0 bridgehead atoms. The monoisotopic (exact) mass is 392 g/mol. The molecule has 0 amide bonds. The van der Waals surface area contributed by atoms with E-state index in [0.29, 0.717) is 5.84 Å². The number of sulfonamides is 1. The van der Waals surface area contributed by atoms with E-state index in [4.69, 9.17) is 0 Å². The van der Waals surface area contributed by atoms with Gasteiger partial charge in [0.2, 0.25) is 0 Å². The highest BCUT2D eigenvalue weighted by atomic mass is 32.2. The number of hydrogen-bond acceptors (Lipinski definition) is 2. The van der Waals surface area contributed by atoms with Crippen LogP contribution in [0.25, 0.3) is 0 Å². The molecule has 0 aliphatic rings. The van der Waals surface area contributed by atoms with E-state index in [9.17, 15) is 8.42 Å². The SMILES string of the molecule is C/C(=N\S(=O)(=O)c1ccc(C)cc1)N(c1ccc(C)cc1)c1ccc(C)cc1. The van der Waals surface area contributed by atoms with Crippen LogP contribution >= 0.6 is 0 Å². The minimum Gasteiger partial charge on any atom is -0.298 e. The summed E-state index contributed by atoms with van der Waals surface area (Å²) in [6.07, 6.45) is 0. The van der Waals surface area contributed by atoms with Gasteiger partial charge < -0.3 is 0 Å². The Morgan fingerprint density at radius 1 is 0.679 bits per heavy atom. The predicted octanol–water partition coefficient (Wildman–Crippen LogP) is 5.56. The Morgan fingerprint density at radius 2 is 1.04 bits per heavy atom. The number of benzene rings is 3. The van der Waals surface area contributed by atoms with Gasteiger partial charge in [0.25, 0.3) is 10.0 Å². The third-order valence-corrected chi connectivity index (χ3v) is 5.85. The van der Waals surface area contributed by atoms with Crippen molar-refractivity contribution in [2.24, 2.45) is 4.40 Å². The van der Waals surface area contributed by atoms with Gasteiger partial charge in [-0.05, 0) is 64.1 Å². The van der Waals surface area contributed by atoms with Crippen LogP contribution in [0.2, 0.25) is 0 Å². The molecule has 0 saturated carbocycles. The van der Waals surface area contributed by atoms with Crippen LogP contribution in [0, 0.1) is 20.8 Å². The average molecular weight is 393 g/mol. The van der Waals surface area contributed by atoms with Gasteiger partial charge in [-0.25, -0.2) is 0 Å². The Morgan fingerprint density at radius 3 is 1.43 bits per heavy atom. The van der Waals surface area contributed by atoms with E-state index in [2.05, 4.69) is 4.40 Å². The first-order valence-electron chi connectivity index (χ1n) is 9.08. The standard InChI is InChI=1S/C23H24N2O2S/c1-17-5-11-21(12-6-17)25(22-13-7-18(2)8-14-22)20(4)24-28(26,27)23-15-9-19(3)10-16-23/h5-16H,1-4H3/b24-20+. The molecule has 0 radical (unpaired) electrons. The second kappa shape index (κ2) is 7.98. The quantitative estimate of drug-likeness (QED) is 0.431. The zero-order valence-electron chi connectivity index (χ0n) is 16.5. The summed E-state index contributed by atoms with van der Waals surface area (Å²) in [7, 11) is -3.81. The van der Waals surface area contributed by atoms with Crippen molar-refractivity contribution in [3.63, 3.8) is 0 Å². The zero-order valence-corrected chi connectivity index (χ0v) is 17.4. The molecule has 4 nitrogen and oxygen atoms in total. The second-order valence-corrected chi connectivity index (χ2v) is 8.54. The van der Waals surface area contributed by atoms with E-state index in [0.717, 1.165) is 28.1 Å².